The summed E-state index contributed by atoms with van der Waals surface area (Å²) in [6.07, 6.45) is 6.23. The Balaban J connectivity index is 1.26. The summed E-state index contributed by atoms with van der Waals surface area (Å²) in [5, 5.41) is 26.3. The Morgan fingerprint density at radius 3 is 1.57 bits per heavy atom. The maximum atomic E-state index is 7.29. The van der Waals surface area contributed by atoms with Crippen molar-refractivity contribution in [3.05, 3.63) is 151 Å². The van der Waals surface area contributed by atoms with Crippen LogP contribution in [0.3, 0.4) is 0 Å². The van der Waals surface area contributed by atoms with Gasteiger partial charge >= 0.3 is 0 Å². The van der Waals surface area contributed by atoms with E-state index in [0.29, 0.717) is 0 Å². The Morgan fingerprint density at radius 1 is 0.396 bits per heavy atom. The third-order valence-corrected chi connectivity index (χ3v) is 12.9. The van der Waals surface area contributed by atoms with Gasteiger partial charge in [-0.05, 0) is 156 Å². The Morgan fingerprint density at radius 2 is 0.887 bits per heavy atom. The quantitative estimate of drug-likeness (QED) is 0.111. The molecule has 0 aliphatic heterocycles. The minimum Gasteiger partial charge on any atom is -0.398 e. The van der Waals surface area contributed by atoms with E-state index >= 15 is 0 Å². The van der Waals surface area contributed by atoms with Gasteiger partial charge in [0.1, 0.15) is 0 Å². The monoisotopic (exact) mass is 669 g/mol. The molecule has 0 radical (unpaired) electrons. The molecule has 0 atom stereocenters. The molecule has 0 amide bonds. The standard InChI is InChI=1S/C52H31N/c1-3-4-16-43(53)52-50-38-15-9-14-31-29-12-7-8-13-30(29)42(45(31)38)25-41(50)26(2)44-39-23-21-36-34-19-17-32-27-10-5-6-11-28(27)33-18-20-35(47(34)46(32)33)37-22-24-40(51(44)52)49(39)48(36)37/h3-25H,53H2,1-2H3/b4-3-,43-16-. The molecule has 0 fully saturated rings. The summed E-state index contributed by atoms with van der Waals surface area (Å²) in [7, 11) is 0. The number of fused-ring (bicyclic) bond motifs is 13. The van der Waals surface area contributed by atoms with E-state index in [1.54, 1.807) is 0 Å². The van der Waals surface area contributed by atoms with E-state index < -0.39 is 0 Å². The lowest BCUT2D eigenvalue weighted by Crippen LogP contribution is -2.00. The molecule has 13 rings (SSSR count). The van der Waals surface area contributed by atoms with Crippen LogP contribution in [-0.4, -0.2) is 0 Å². The summed E-state index contributed by atoms with van der Waals surface area (Å²) in [4.78, 5) is 0. The predicted molar refractivity (Wildman–Crippen MR) is 231 cm³/mol. The second-order valence-corrected chi connectivity index (χ2v) is 15.2. The molecular weight excluding hydrogens is 639 g/mol. The zero-order valence-corrected chi connectivity index (χ0v) is 29.4. The number of allylic oxidation sites excluding steroid dienone is 3. The van der Waals surface area contributed by atoms with Gasteiger partial charge in [0.2, 0.25) is 0 Å². The largest absolute Gasteiger partial charge is 0.398 e. The van der Waals surface area contributed by atoms with Gasteiger partial charge in [0.15, 0.2) is 0 Å². The van der Waals surface area contributed by atoms with Crippen molar-refractivity contribution in [3.63, 3.8) is 0 Å². The molecule has 12 aromatic rings. The molecule has 1 heteroatoms. The maximum absolute atomic E-state index is 7.29. The van der Waals surface area contributed by atoms with Crippen LogP contribution in [0.5, 0.6) is 0 Å². The van der Waals surface area contributed by atoms with Crippen LogP contribution in [0.1, 0.15) is 18.1 Å². The third-order valence-electron chi connectivity index (χ3n) is 12.9. The molecule has 0 aromatic heterocycles. The van der Waals surface area contributed by atoms with Gasteiger partial charge in [0, 0.05) is 16.6 Å². The lowest BCUT2D eigenvalue weighted by Gasteiger charge is -2.17. The molecule has 2 N–H and O–H groups in total. The zero-order chi connectivity index (χ0) is 34.9. The van der Waals surface area contributed by atoms with Crippen molar-refractivity contribution in [1.82, 2.24) is 0 Å². The van der Waals surface area contributed by atoms with Crippen LogP contribution in [0.15, 0.2) is 140 Å². The second kappa shape index (κ2) is 9.39. The summed E-state index contributed by atoms with van der Waals surface area (Å²) >= 11 is 0. The molecule has 0 saturated heterocycles. The summed E-state index contributed by atoms with van der Waals surface area (Å²) in [6, 6.07) is 46.1. The third kappa shape index (κ3) is 3.11. The molecule has 1 aliphatic rings. The Hall–Kier alpha value is -6.70. The number of benzene rings is 10. The molecule has 1 aliphatic carbocycles. The maximum Gasteiger partial charge on any atom is 0.0400 e. The first kappa shape index (κ1) is 28.0. The molecule has 53 heavy (non-hydrogen) atoms. The molecular formula is C52H31N. The van der Waals surface area contributed by atoms with Gasteiger partial charge in [0.25, 0.3) is 0 Å². The van der Waals surface area contributed by atoms with Crippen LogP contribution >= 0.6 is 0 Å². The Labute approximate surface area is 304 Å². The number of hydrogen-bond acceptors (Lipinski definition) is 1. The van der Waals surface area contributed by atoms with Crippen molar-refractivity contribution in [2.75, 3.05) is 0 Å². The minimum atomic E-state index is 0.797. The highest BCUT2D eigenvalue weighted by Gasteiger charge is 2.28. The first-order valence-electron chi connectivity index (χ1n) is 18.7. The van der Waals surface area contributed by atoms with Crippen molar-refractivity contribution in [1.29, 1.82) is 0 Å². The van der Waals surface area contributed by atoms with Gasteiger partial charge in [-0.1, -0.05) is 127 Å². The highest BCUT2D eigenvalue weighted by atomic mass is 14.6. The highest BCUT2D eigenvalue weighted by Crippen LogP contribution is 2.55. The van der Waals surface area contributed by atoms with Crippen molar-refractivity contribution in [2.45, 2.75) is 13.8 Å². The average molecular weight is 670 g/mol. The number of rotatable bonds is 2. The molecule has 244 valence electrons. The summed E-state index contributed by atoms with van der Waals surface area (Å²) in [5.74, 6) is 0. The van der Waals surface area contributed by atoms with E-state index in [4.69, 9.17) is 5.73 Å². The van der Waals surface area contributed by atoms with E-state index in [0.717, 1.165) is 11.3 Å². The Bertz CT molecular complexity index is 3610. The fourth-order valence-electron chi connectivity index (χ4n) is 10.9. The molecule has 0 bridgehead atoms. The fourth-order valence-corrected chi connectivity index (χ4v) is 10.9. The van der Waals surface area contributed by atoms with Crippen LogP contribution in [0.4, 0.5) is 0 Å². The van der Waals surface area contributed by atoms with E-state index in [1.165, 1.54) is 136 Å². The highest BCUT2D eigenvalue weighted by molar-refractivity contribution is 6.46. The number of hydrogen-bond donors (Lipinski definition) is 1. The first-order chi connectivity index (χ1) is 26.1. The molecule has 0 heterocycles. The average Bonchev–Trinajstić information content (AvgIpc) is 3.84. The van der Waals surface area contributed by atoms with E-state index in [9.17, 15) is 0 Å². The first-order valence-corrected chi connectivity index (χ1v) is 18.7. The molecule has 12 aromatic carbocycles. The van der Waals surface area contributed by atoms with Crippen molar-refractivity contribution >= 4 is 113 Å². The molecule has 0 saturated carbocycles. The SMILES string of the molecule is C/C=C\C=C(/N)c1c2c(cc3c4ccccc4c4cccc2c43)c(C)c2c3ccc4c5ccc6c7c(ccc(c8ccc(c12)c3c48)c75)-c1ccccc1-6. The van der Waals surface area contributed by atoms with Gasteiger partial charge < -0.3 is 5.73 Å². The van der Waals surface area contributed by atoms with Gasteiger partial charge in [-0.2, -0.15) is 0 Å². The molecule has 0 unspecified atom stereocenters. The predicted octanol–water partition coefficient (Wildman–Crippen LogP) is 14.4. The van der Waals surface area contributed by atoms with Gasteiger partial charge in [0.05, 0.1) is 0 Å². The summed E-state index contributed by atoms with van der Waals surface area (Å²) in [5.41, 5.74) is 15.9. The van der Waals surface area contributed by atoms with Crippen molar-refractivity contribution in [3.8, 4) is 22.3 Å². The second-order valence-electron chi connectivity index (χ2n) is 15.2. The summed E-state index contributed by atoms with van der Waals surface area (Å²) < 4.78 is 0. The Kier molecular flexibility index (Phi) is 4.95. The van der Waals surface area contributed by atoms with Gasteiger partial charge in [-0.15, -0.1) is 0 Å². The zero-order valence-electron chi connectivity index (χ0n) is 29.4. The molecule has 1 nitrogen and oxygen atoms in total. The van der Waals surface area contributed by atoms with Crippen LogP contribution in [0.2, 0.25) is 0 Å². The van der Waals surface area contributed by atoms with Crippen molar-refractivity contribution < 1.29 is 0 Å². The lowest BCUT2D eigenvalue weighted by molar-refractivity contribution is 1.57. The smallest absolute Gasteiger partial charge is 0.0400 e. The molecule has 0 spiro atoms. The fraction of sp³-hybridized carbons (Fsp3) is 0.0385. The lowest BCUT2D eigenvalue weighted by atomic mass is 9.87. The van der Waals surface area contributed by atoms with E-state index in [2.05, 4.69) is 153 Å². The topological polar surface area (TPSA) is 26.0 Å². The van der Waals surface area contributed by atoms with E-state index in [-0.39, 0.29) is 0 Å². The van der Waals surface area contributed by atoms with Crippen LogP contribution in [0.25, 0.3) is 136 Å². The van der Waals surface area contributed by atoms with E-state index in [1.807, 2.05) is 0 Å². The van der Waals surface area contributed by atoms with Crippen LogP contribution < -0.4 is 5.73 Å². The van der Waals surface area contributed by atoms with Crippen molar-refractivity contribution in [2.24, 2.45) is 5.73 Å². The normalized spacial score (nSPS) is 13.6. The summed E-state index contributed by atoms with van der Waals surface area (Å²) in [6.45, 7) is 4.39. The number of nitrogens with two attached hydrogens (primary N) is 1. The van der Waals surface area contributed by atoms with Crippen LogP contribution in [-0.2, 0) is 0 Å². The minimum absolute atomic E-state index is 0.797. The van der Waals surface area contributed by atoms with Gasteiger partial charge in [-0.3, -0.25) is 0 Å². The van der Waals surface area contributed by atoms with Gasteiger partial charge in [-0.25, -0.2) is 0 Å². The van der Waals surface area contributed by atoms with Crippen LogP contribution in [0, 0.1) is 6.92 Å². The number of aryl methyl sites for hydroxylation is 1.